The Morgan fingerprint density at radius 1 is 1.32 bits per heavy atom. The van der Waals surface area contributed by atoms with Gasteiger partial charge in [0.1, 0.15) is 16.7 Å². The molecule has 1 heterocycles. The number of aromatic nitrogens is 2. The molecule has 7 heteroatoms. The number of methoxy groups -OCH3 is 1. The Kier molecular flexibility index (Phi) is 5.41. The van der Waals surface area contributed by atoms with Gasteiger partial charge in [0, 0.05) is 12.6 Å². The molecule has 0 spiro atoms. The molecule has 0 bridgehead atoms. The number of nitrogens with two attached hydrogens (primary N) is 1. The lowest BCUT2D eigenvalue weighted by Gasteiger charge is -2.25. The van der Waals surface area contributed by atoms with E-state index in [2.05, 4.69) is 26.3 Å². The number of nitrogens with one attached hydrogen (secondary N) is 1. The van der Waals surface area contributed by atoms with Crippen molar-refractivity contribution >= 4 is 23.4 Å². The summed E-state index contributed by atoms with van der Waals surface area (Å²) in [6.45, 7) is 0.646. The van der Waals surface area contributed by atoms with Gasteiger partial charge in [0.15, 0.2) is 0 Å². The van der Waals surface area contributed by atoms with Crippen LogP contribution < -0.4 is 15.8 Å². The minimum Gasteiger partial charge on any atom is -0.497 e. The minimum atomic E-state index is 0.144. The predicted octanol–water partition coefficient (Wildman–Crippen LogP) is 2.44. The number of benzene rings is 1. The van der Waals surface area contributed by atoms with Crippen molar-refractivity contribution in [3.05, 3.63) is 41.0 Å². The van der Waals surface area contributed by atoms with Crippen LogP contribution in [0.3, 0.4) is 0 Å². The largest absolute Gasteiger partial charge is 0.497 e. The van der Waals surface area contributed by atoms with Gasteiger partial charge in [0.05, 0.1) is 13.2 Å². The maximum atomic E-state index is 5.89. The fourth-order valence-electron chi connectivity index (χ4n) is 2.17. The summed E-state index contributed by atoms with van der Waals surface area (Å²) in [6, 6.07) is 9.78. The van der Waals surface area contributed by atoms with E-state index in [9.17, 15) is 0 Å². The first kappa shape index (κ1) is 16.3. The second-order valence-corrected chi connectivity index (χ2v) is 5.46. The number of hydrogen-bond acceptors (Lipinski definition) is 6. The molecule has 118 valence electrons. The van der Waals surface area contributed by atoms with E-state index in [0.29, 0.717) is 17.5 Å². The first-order valence-electron chi connectivity index (χ1n) is 6.84. The first-order valence-corrected chi connectivity index (χ1v) is 7.21. The normalized spacial score (nSPS) is 12.2. The van der Waals surface area contributed by atoms with E-state index in [-0.39, 0.29) is 12.0 Å². The number of nitrogen functional groups attached to an aromatic ring is 1. The van der Waals surface area contributed by atoms with Crippen LogP contribution in [0, 0.1) is 0 Å². The van der Waals surface area contributed by atoms with Crippen LogP contribution in [0.2, 0.25) is 5.15 Å². The van der Waals surface area contributed by atoms with E-state index >= 15 is 0 Å². The lowest BCUT2D eigenvalue weighted by Crippen LogP contribution is -2.27. The van der Waals surface area contributed by atoms with Crippen molar-refractivity contribution in [1.82, 2.24) is 14.9 Å². The molecule has 2 rings (SSSR count). The molecule has 0 aliphatic carbocycles. The Morgan fingerprint density at radius 3 is 2.73 bits per heavy atom. The molecular formula is C15H20ClN5O. The molecule has 1 unspecified atom stereocenters. The van der Waals surface area contributed by atoms with Gasteiger partial charge in [-0.05, 0) is 31.8 Å². The summed E-state index contributed by atoms with van der Waals surface area (Å²) in [6.07, 6.45) is 0. The van der Waals surface area contributed by atoms with E-state index in [4.69, 9.17) is 22.1 Å². The average Bonchev–Trinajstić information content (AvgIpc) is 2.46. The summed E-state index contributed by atoms with van der Waals surface area (Å²) in [5, 5.41) is 3.56. The Bertz CT molecular complexity index is 615. The third-order valence-electron chi connectivity index (χ3n) is 3.29. The number of nitrogens with zero attached hydrogens (tertiary/aromatic N) is 3. The molecule has 0 fully saturated rings. The monoisotopic (exact) mass is 321 g/mol. The number of ether oxygens (including phenoxy) is 1. The van der Waals surface area contributed by atoms with E-state index < -0.39 is 0 Å². The van der Waals surface area contributed by atoms with Crippen molar-refractivity contribution in [2.75, 3.05) is 38.8 Å². The Hall–Kier alpha value is -2.05. The van der Waals surface area contributed by atoms with E-state index in [0.717, 1.165) is 11.3 Å². The van der Waals surface area contributed by atoms with Gasteiger partial charge in [0.25, 0.3) is 0 Å². The number of anilines is 2. The number of hydrogen-bond donors (Lipinski definition) is 2. The van der Waals surface area contributed by atoms with Crippen molar-refractivity contribution in [2.45, 2.75) is 6.04 Å². The fraction of sp³-hybridized carbons (Fsp3) is 0.333. The summed E-state index contributed by atoms with van der Waals surface area (Å²) >= 11 is 5.89. The molecule has 1 aromatic heterocycles. The van der Waals surface area contributed by atoms with Crippen LogP contribution in [0.15, 0.2) is 30.3 Å². The van der Waals surface area contributed by atoms with Gasteiger partial charge >= 0.3 is 0 Å². The zero-order chi connectivity index (χ0) is 16.1. The van der Waals surface area contributed by atoms with Gasteiger partial charge < -0.3 is 20.7 Å². The fourth-order valence-corrected chi connectivity index (χ4v) is 2.36. The molecule has 0 saturated carbocycles. The maximum Gasteiger partial charge on any atom is 0.223 e. The van der Waals surface area contributed by atoms with Crippen LogP contribution in [-0.4, -0.2) is 42.6 Å². The first-order chi connectivity index (χ1) is 10.5. The third-order valence-corrected chi connectivity index (χ3v) is 3.48. The van der Waals surface area contributed by atoms with Crippen LogP contribution in [0.1, 0.15) is 11.6 Å². The van der Waals surface area contributed by atoms with Crippen molar-refractivity contribution in [3.8, 4) is 5.75 Å². The highest BCUT2D eigenvalue weighted by atomic mass is 35.5. The predicted molar refractivity (Wildman–Crippen MR) is 89.4 cm³/mol. The molecule has 3 N–H and O–H groups in total. The molecule has 2 aromatic rings. The SMILES string of the molecule is COc1cccc(C(CNc2cc(Cl)nc(N)n2)N(C)C)c1. The molecule has 0 aliphatic heterocycles. The molecule has 6 nitrogen and oxygen atoms in total. The second-order valence-electron chi connectivity index (χ2n) is 5.07. The van der Waals surface area contributed by atoms with Crippen molar-refractivity contribution < 1.29 is 4.74 Å². The van der Waals surface area contributed by atoms with Crippen LogP contribution in [-0.2, 0) is 0 Å². The highest BCUT2D eigenvalue weighted by molar-refractivity contribution is 6.29. The molecule has 22 heavy (non-hydrogen) atoms. The van der Waals surface area contributed by atoms with Crippen molar-refractivity contribution in [2.24, 2.45) is 0 Å². The topological polar surface area (TPSA) is 76.3 Å². The van der Waals surface area contributed by atoms with E-state index in [1.807, 2.05) is 32.3 Å². The average molecular weight is 322 g/mol. The summed E-state index contributed by atoms with van der Waals surface area (Å²) < 4.78 is 5.29. The quantitative estimate of drug-likeness (QED) is 0.796. The highest BCUT2D eigenvalue weighted by Crippen LogP contribution is 2.23. The molecule has 0 radical (unpaired) electrons. The van der Waals surface area contributed by atoms with Crippen LogP contribution in [0.5, 0.6) is 5.75 Å². The molecule has 0 saturated heterocycles. The van der Waals surface area contributed by atoms with Gasteiger partial charge in [-0.3, -0.25) is 0 Å². The number of halogens is 1. The minimum absolute atomic E-state index is 0.144. The molecular weight excluding hydrogens is 302 g/mol. The summed E-state index contributed by atoms with van der Waals surface area (Å²) in [5.74, 6) is 1.59. The molecule has 0 amide bonds. The van der Waals surface area contributed by atoms with Gasteiger partial charge in [0.2, 0.25) is 5.95 Å². The Labute approximate surface area is 135 Å². The van der Waals surface area contributed by atoms with Crippen molar-refractivity contribution in [1.29, 1.82) is 0 Å². The van der Waals surface area contributed by atoms with Gasteiger partial charge in [-0.25, -0.2) is 4.98 Å². The number of rotatable bonds is 6. The lowest BCUT2D eigenvalue weighted by atomic mass is 10.1. The molecule has 0 aliphatic rings. The Balaban J connectivity index is 2.15. The van der Waals surface area contributed by atoms with Gasteiger partial charge in [-0.1, -0.05) is 23.7 Å². The summed E-state index contributed by atoms with van der Waals surface area (Å²) in [5.41, 5.74) is 6.74. The van der Waals surface area contributed by atoms with Crippen molar-refractivity contribution in [3.63, 3.8) is 0 Å². The summed E-state index contributed by atoms with van der Waals surface area (Å²) in [4.78, 5) is 10.1. The highest BCUT2D eigenvalue weighted by Gasteiger charge is 2.15. The molecule has 1 aromatic carbocycles. The van der Waals surface area contributed by atoms with Crippen LogP contribution in [0.4, 0.5) is 11.8 Å². The van der Waals surface area contributed by atoms with Gasteiger partial charge in [-0.2, -0.15) is 4.98 Å². The Morgan fingerprint density at radius 2 is 2.09 bits per heavy atom. The second kappa shape index (κ2) is 7.29. The van der Waals surface area contributed by atoms with Crippen LogP contribution in [0.25, 0.3) is 0 Å². The zero-order valence-electron chi connectivity index (χ0n) is 12.9. The summed E-state index contributed by atoms with van der Waals surface area (Å²) in [7, 11) is 5.70. The number of likely N-dealkylation sites (N-methyl/N-ethyl adjacent to an activating group) is 1. The van der Waals surface area contributed by atoms with E-state index in [1.54, 1.807) is 13.2 Å². The molecule has 1 atom stereocenters. The van der Waals surface area contributed by atoms with Crippen LogP contribution >= 0.6 is 11.6 Å². The van der Waals surface area contributed by atoms with Gasteiger partial charge in [-0.15, -0.1) is 0 Å². The third kappa shape index (κ3) is 4.22. The lowest BCUT2D eigenvalue weighted by molar-refractivity contribution is 0.310. The smallest absolute Gasteiger partial charge is 0.223 e. The zero-order valence-corrected chi connectivity index (χ0v) is 13.6. The van der Waals surface area contributed by atoms with E-state index in [1.165, 1.54) is 0 Å². The standard InChI is InChI=1S/C15H20ClN5O/c1-21(2)12(10-5-4-6-11(7-10)22-3)9-18-14-8-13(16)19-15(17)20-14/h4-8,12H,9H2,1-3H3,(H3,17,18,19,20). The maximum absolute atomic E-state index is 5.89.